The summed E-state index contributed by atoms with van der Waals surface area (Å²) in [5.74, 6) is 0.848. The fourth-order valence-corrected chi connectivity index (χ4v) is 1.68. The molecular formula is C9H19NO. The predicted molar refractivity (Wildman–Crippen MR) is 46.2 cm³/mol. The molecule has 1 N–H and O–H groups in total. The van der Waals surface area contributed by atoms with Gasteiger partial charge in [-0.3, -0.25) is 4.90 Å². The van der Waals surface area contributed by atoms with Crippen LogP contribution in [-0.4, -0.2) is 29.3 Å². The molecule has 2 heteroatoms. The monoisotopic (exact) mass is 157 g/mol. The van der Waals surface area contributed by atoms with Crippen LogP contribution in [0.2, 0.25) is 0 Å². The average Bonchev–Trinajstić information content (AvgIpc) is 2.80. The van der Waals surface area contributed by atoms with Crippen LogP contribution in [0.25, 0.3) is 0 Å². The third-order valence-corrected chi connectivity index (χ3v) is 2.77. The second-order valence-electron chi connectivity index (χ2n) is 3.53. The van der Waals surface area contributed by atoms with E-state index in [0.29, 0.717) is 6.04 Å². The Morgan fingerprint density at radius 3 is 2.55 bits per heavy atom. The fourth-order valence-electron chi connectivity index (χ4n) is 1.68. The molecule has 3 atom stereocenters. The van der Waals surface area contributed by atoms with Crippen LogP contribution in [0.15, 0.2) is 0 Å². The van der Waals surface area contributed by atoms with Gasteiger partial charge >= 0.3 is 0 Å². The van der Waals surface area contributed by atoms with E-state index in [1.54, 1.807) is 0 Å². The van der Waals surface area contributed by atoms with Crippen molar-refractivity contribution in [3.8, 4) is 0 Å². The minimum atomic E-state index is -0.225. The Labute approximate surface area is 69.2 Å². The van der Waals surface area contributed by atoms with Gasteiger partial charge in [-0.25, -0.2) is 0 Å². The highest BCUT2D eigenvalue weighted by Crippen LogP contribution is 2.38. The molecule has 2 nitrogen and oxygen atoms in total. The molecule has 0 aliphatic heterocycles. The van der Waals surface area contributed by atoms with Crippen molar-refractivity contribution in [2.75, 3.05) is 7.05 Å². The molecule has 0 aromatic heterocycles. The summed E-state index contributed by atoms with van der Waals surface area (Å²) >= 11 is 0. The largest absolute Gasteiger partial charge is 0.378 e. The van der Waals surface area contributed by atoms with E-state index in [1.807, 2.05) is 14.0 Å². The SMILES string of the molecule is CCC1CC1N(C)C(O)CC. The van der Waals surface area contributed by atoms with Crippen molar-refractivity contribution < 1.29 is 5.11 Å². The Balaban J connectivity index is 2.26. The van der Waals surface area contributed by atoms with Gasteiger partial charge in [0.25, 0.3) is 0 Å². The summed E-state index contributed by atoms with van der Waals surface area (Å²) in [7, 11) is 2.02. The zero-order valence-electron chi connectivity index (χ0n) is 7.75. The van der Waals surface area contributed by atoms with Crippen molar-refractivity contribution in [2.45, 2.75) is 45.4 Å². The van der Waals surface area contributed by atoms with Gasteiger partial charge in [-0.2, -0.15) is 0 Å². The lowest BCUT2D eigenvalue weighted by molar-refractivity contribution is 0.0109. The molecule has 1 saturated carbocycles. The van der Waals surface area contributed by atoms with E-state index < -0.39 is 0 Å². The van der Waals surface area contributed by atoms with E-state index in [2.05, 4.69) is 11.8 Å². The molecule has 0 aromatic rings. The van der Waals surface area contributed by atoms with E-state index in [0.717, 1.165) is 12.3 Å². The second kappa shape index (κ2) is 3.55. The molecule has 3 unspecified atom stereocenters. The lowest BCUT2D eigenvalue weighted by Crippen LogP contribution is -2.33. The molecule has 0 heterocycles. The topological polar surface area (TPSA) is 23.5 Å². The smallest absolute Gasteiger partial charge is 0.107 e. The molecular weight excluding hydrogens is 138 g/mol. The third kappa shape index (κ3) is 1.94. The van der Waals surface area contributed by atoms with Gasteiger partial charge < -0.3 is 5.11 Å². The van der Waals surface area contributed by atoms with Gasteiger partial charge in [-0.15, -0.1) is 0 Å². The molecule has 0 bridgehead atoms. The highest BCUT2D eigenvalue weighted by Gasteiger charge is 2.40. The van der Waals surface area contributed by atoms with Crippen LogP contribution < -0.4 is 0 Å². The highest BCUT2D eigenvalue weighted by atomic mass is 16.3. The zero-order valence-corrected chi connectivity index (χ0v) is 7.75. The van der Waals surface area contributed by atoms with E-state index in [9.17, 15) is 5.11 Å². The van der Waals surface area contributed by atoms with Crippen LogP contribution in [0.1, 0.15) is 33.1 Å². The molecule has 0 saturated heterocycles. The second-order valence-corrected chi connectivity index (χ2v) is 3.53. The Hall–Kier alpha value is -0.0800. The van der Waals surface area contributed by atoms with Crippen molar-refractivity contribution in [3.05, 3.63) is 0 Å². The van der Waals surface area contributed by atoms with Crippen LogP contribution in [-0.2, 0) is 0 Å². The highest BCUT2D eigenvalue weighted by molar-refractivity contribution is 4.93. The maximum absolute atomic E-state index is 9.48. The van der Waals surface area contributed by atoms with Gasteiger partial charge in [-0.1, -0.05) is 20.3 Å². The lowest BCUT2D eigenvalue weighted by atomic mass is 10.3. The molecule has 1 fully saturated rings. The van der Waals surface area contributed by atoms with Crippen LogP contribution in [0, 0.1) is 5.92 Å². The Kier molecular flexibility index (Phi) is 2.90. The first-order valence-electron chi connectivity index (χ1n) is 4.60. The molecule has 1 aliphatic rings. The number of hydrogen-bond acceptors (Lipinski definition) is 2. The first kappa shape index (κ1) is 9.01. The van der Waals surface area contributed by atoms with Gasteiger partial charge in [0.1, 0.15) is 6.23 Å². The number of nitrogens with zero attached hydrogens (tertiary/aromatic N) is 1. The van der Waals surface area contributed by atoms with E-state index >= 15 is 0 Å². The van der Waals surface area contributed by atoms with Gasteiger partial charge in [0.15, 0.2) is 0 Å². The lowest BCUT2D eigenvalue weighted by Gasteiger charge is -2.22. The van der Waals surface area contributed by atoms with Crippen molar-refractivity contribution in [1.29, 1.82) is 0 Å². The molecule has 0 spiro atoms. The Morgan fingerprint density at radius 2 is 2.18 bits per heavy atom. The van der Waals surface area contributed by atoms with E-state index in [1.165, 1.54) is 12.8 Å². The summed E-state index contributed by atoms with van der Waals surface area (Å²) in [6.45, 7) is 4.24. The number of hydrogen-bond donors (Lipinski definition) is 1. The summed E-state index contributed by atoms with van der Waals surface area (Å²) in [6, 6.07) is 0.662. The van der Waals surface area contributed by atoms with Crippen LogP contribution in [0.4, 0.5) is 0 Å². The fraction of sp³-hybridized carbons (Fsp3) is 1.00. The average molecular weight is 157 g/mol. The predicted octanol–water partition coefficient (Wildman–Crippen LogP) is 1.45. The van der Waals surface area contributed by atoms with Crippen molar-refractivity contribution in [1.82, 2.24) is 4.90 Å². The summed E-state index contributed by atoms with van der Waals surface area (Å²) < 4.78 is 0. The maximum Gasteiger partial charge on any atom is 0.107 e. The number of rotatable bonds is 4. The Bertz CT molecular complexity index is 127. The van der Waals surface area contributed by atoms with Crippen molar-refractivity contribution in [3.63, 3.8) is 0 Å². The summed E-state index contributed by atoms with van der Waals surface area (Å²) in [5.41, 5.74) is 0. The zero-order chi connectivity index (χ0) is 8.43. The quantitative estimate of drug-likeness (QED) is 0.624. The van der Waals surface area contributed by atoms with Gasteiger partial charge in [0.05, 0.1) is 0 Å². The molecule has 1 rings (SSSR count). The maximum atomic E-state index is 9.48. The number of aliphatic hydroxyl groups is 1. The molecule has 1 aliphatic carbocycles. The van der Waals surface area contributed by atoms with Crippen LogP contribution in [0.3, 0.4) is 0 Å². The first-order chi connectivity index (χ1) is 5.20. The van der Waals surface area contributed by atoms with Crippen LogP contribution in [0.5, 0.6) is 0 Å². The molecule has 0 aromatic carbocycles. The van der Waals surface area contributed by atoms with Crippen molar-refractivity contribution >= 4 is 0 Å². The summed E-state index contributed by atoms with van der Waals surface area (Å²) in [4.78, 5) is 2.11. The van der Waals surface area contributed by atoms with Gasteiger partial charge in [0.2, 0.25) is 0 Å². The molecule has 0 radical (unpaired) electrons. The summed E-state index contributed by atoms with van der Waals surface area (Å²) in [6.07, 6.45) is 3.15. The minimum Gasteiger partial charge on any atom is -0.378 e. The molecule has 66 valence electrons. The van der Waals surface area contributed by atoms with E-state index in [4.69, 9.17) is 0 Å². The first-order valence-corrected chi connectivity index (χ1v) is 4.60. The normalized spacial score (nSPS) is 32.5. The Morgan fingerprint density at radius 1 is 1.55 bits per heavy atom. The van der Waals surface area contributed by atoms with Gasteiger partial charge in [-0.05, 0) is 25.8 Å². The number of aliphatic hydroxyl groups excluding tert-OH is 1. The minimum absolute atomic E-state index is 0.225. The molecule has 0 amide bonds. The molecule has 11 heavy (non-hydrogen) atoms. The third-order valence-electron chi connectivity index (χ3n) is 2.77. The van der Waals surface area contributed by atoms with Crippen molar-refractivity contribution in [2.24, 2.45) is 5.92 Å². The standard InChI is InChI=1S/C9H19NO/c1-4-7-6-8(7)10(3)9(11)5-2/h7-9,11H,4-6H2,1-3H3. The summed E-state index contributed by atoms with van der Waals surface area (Å²) in [5, 5.41) is 9.48. The van der Waals surface area contributed by atoms with Gasteiger partial charge in [0, 0.05) is 6.04 Å². The van der Waals surface area contributed by atoms with Crippen LogP contribution >= 0.6 is 0 Å². The van der Waals surface area contributed by atoms with E-state index in [-0.39, 0.29) is 6.23 Å².